The zero-order chi connectivity index (χ0) is 13.1. The van der Waals surface area contributed by atoms with Gasteiger partial charge >= 0.3 is 0 Å². The van der Waals surface area contributed by atoms with Crippen molar-refractivity contribution in [3.8, 4) is 0 Å². The topological polar surface area (TPSA) is 32.5 Å². The largest absolute Gasteiger partial charge is 0.324 e. The summed E-state index contributed by atoms with van der Waals surface area (Å²) in [6.45, 7) is 6.52. The van der Waals surface area contributed by atoms with Crippen LogP contribution in [0.3, 0.4) is 0 Å². The van der Waals surface area contributed by atoms with Gasteiger partial charge in [0.05, 0.1) is 0 Å². The molecule has 0 bridgehead atoms. The zero-order valence-corrected chi connectivity index (χ0v) is 12.1. The zero-order valence-electron chi connectivity index (χ0n) is 12.1. The Kier molecular flexibility index (Phi) is 4.57. The van der Waals surface area contributed by atoms with E-state index in [0.29, 0.717) is 12.0 Å². The molecule has 3 rings (SSSR count). The molecule has 0 radical (unpaired) electrons. The SMILES string of the molecule is NC1C=CC(CN2CCC(N3CCCCC3)CC2)C1. The molecule has 3 nitrogen and oxygen atoms in total. The van der Waals surface area contributed by atoms with Gasteiger partial charge in [-0.2, -0.15) is 0 Å². The van der Waals surface area contributed by atoms with E-state index in [1.165, 1.54) is 64.8 Å². The molecule has 2 N–H and O–H groups in total. The van der Waals surface area contributed by atoms with Crippen molar-refractivity contribution in [1.82, 2.24) is 9.80 Å². The molecule has 2 saturated heterocycles. The maximum absolute atomic E-state index is 5.94. The van der Waals surface area contributed by atoms with Crippen molar-refractivity contribution in [2.75, 3.05) is 32.7 Å². The molecule has 2 atom stereocenters. The fourth-order valence-corrected chi connectivity index (χ4v) is 4.02. The normalized spacial score (nSPS) is 35.0. The summed E-state index contributed by atoms with van der Waals surface area (Å²) in [6.07, 6.45) is 12.7. The molecule has 0 amide bonds. The molecule has 0 aromatic carbocycles. The van der Waals surface area contributed by atoms with Gasteiger partial charge in [-0.1, -0.05) is 18.6 Å². The quantitative estimate of drug-likeness (QED) is 0.789. The molecule has 0 aromatic rings. The van der Waals surface area contributed by atoms with Gasteiger partial charge in [-0.15, -0.1) is 0 Å². The number of likely N-dealkylation sites (tertiary alicyclic amines) is 2. The van der Waals surface area contributed by atoms with E-state index in [1.807, 2.05) is 0 Å². The van der Waals surface area contributed by atoms with Crippen molar-refractivity contribution in [1.29, 1.82) is 0 Å². The molecule has 2 heterocycles. The third kappa shape index (κ3) is 3.59. The maximum atomic E-state index is 5.94. The first-order valence-corrected chi connectivity index (χ1v) is 8.21. The van der Waals surface area contributed by atoms with Gasteiger partial charge in [-0.25, -0.2) is 0 Å². The average Bonchev–Trinajstić information content (AvgIpc) is 2.86. The molecule has 3 heteroatoms. The number of hydrogen-bond donors (Lipinski definition) is 1. The molecule has 3 aliphatic rings. The van der Waals surface area contributed by atoms with Gasteiger partial charge in [-0.05, 0) is 64.2 Å². The number of rotatable bonds is 3. The third-order valence-corrected chi connectivity index (χ3v) is 5.16. The first-order valence-electron chi connectivity index (χ1n) is 8.21. The van der Waals surface area contributed by atoms with E-state index < -0.39 is 0 Å². The van der Waals surface area contributed by atoms with Crippen LogP contribution < -0.4 is 5.73 Å². The first-order chi connectivity index (χ1) is 9.31. The molecule has 1 aliphatic carbocycles. The minimum Gasteiger partial charge on any atom is -0.324 e. The van der Waals surface area contributed by atoms with Crippen molar-refractivity contribution in [3.63, 3.8) is 0 Å². The van der Waals surface area contributed by atoms with Gasteiger partial charge in [0.1, 0.15) is 0 Å². The Balaban J connectivity index is 1.40. The highest BCUT2D eigenvalue weighted by Crippen LogP contribution is 2.23. The number of hydrogen-bond acceptors (Lipinski definition) is 3. The highest BCUT2D eigenvalue weighted by atomic mass is 15.2. The summed E-state index contributed by atoms with van der Waals surface area (Å²) in [7, 11) is 0. The van der Waals surface area contributed by atoms with E-state index in [-0.39, 0.29) is 0 Å². The van der Waals surface area contributed by atoms with E-state index >= 15 is 0 Å². The van der Waals surface area contributed by atoms with Crippen molar-refractivity contribution >= 4 is 0 Å². The van der Waals surface area contributed by atoms with Crippen molar-refractivity contribution < 1.29 is 0 Å². The molecule has 0 saturated carbocycles. The number of nitrogens with two attached hydrogens (primary N) is 1. The second kappa shape index (κ2) is 6.38. The Labute approximate surface area is 117 Å². The van der Waals surface area contributed by atoms with E-state index in [0.717, 1.165) is 12.5 Å². The highest BCUT2D eigenvalue weighted by Gasteiger charge is 2.27. The molecule has 0 spiro atoms. The lowest BCUT2D eigenvalue weighted by molar-refractivity contribution is 0.0880. The highest BCUT2D eigenvalue weighted by molar-refractivity contribution is 5.05. The number of piperidine rings is 2. The van der Waals surface area contributed by atoms with E-state index in [4.69, 9.17) is 5.73 Å². The molecule has 0 aromatic heterocycles. The Bertz CT molecular complexity index is 301. The minimum absolute atomic E-state index is 0.316. The van der Waals surface area contributed by atoms with Crippen molar-refractivity contribution in [2.24, 2.45) is 11.7 Å². The minimum atomic E-state index is 0.316. The summed E-state index contributed by atoms with van der Waals surface area (Å²) < 4.78 is 0. The third-order valence-electron chi connectivity index (χ3n) is 5.16. The van der Waals surface area contributed by atoms with E-state index in [2.05, 4.69) is 22.0 Å². The van der Waals surface area contributed by atoms with Gasteiger partial charge in [0, 0.05) is 18.6 Å². The lowest BCUT2D eigenvalue weighted by Gasteiger charge is -2.40. The molecule has 2 fully saturated rings. The van der Waals surface area contributed by atoms with Crippen LogP contribution in [0.15, 0.2) is 12.2 Å². The summed E-state index contributed by atoms with van der Waals surface area (Å²) >= 11 is 0. The molecular weight excluding hydrogens is 234 g/mol. The van der Waals surface area contributed by atoms with Crippen LogP contribution in [-0.4, -0.2) is 54.6 Å². The van der Waals surface area contributed by atoms with Crippen LogP contribution in [0.1, 0.15) is 38.5 Å². The predicted molar refractivity (Wildman–Crippen MR) is 80.1 cm³/mol. The molecule has 2 aliphatic heterocycles. The second-order valence-corrected chi connectivity index (χ2v) is 6.67. The van der Waals surface area contributed by atoms with E-state index in [9.17, 15) is 0 Å². The van der Waals surface area contributed by atoms with Crippen LogP contribution in [0, 0.1) is 5.92 Å². The lowest BCUT2D eigenvalue weighted by atomic mass is 9.98. The Morgan fingerprint density at radius 2 is 1.68 bits per heavy atom. The van der Waals surface area contributed by atoms with Crippen molar-refractivity contribution in [2.45, 2.75) is 50.6 Å². The fourth-order valence-electron chi connectivity index (χ4n) is 4.02. The smallest absolute Gasteiger partial charge is 0.0229 e. The van der Waals surface area contributed by atoms with Gasteiger partial charge in [0.25, 0.3) is 0 Å². The molecule has 2 unspecified atom stereocenters. The van der Waals surface area contributed by atoms with Crippen LogP contribution >= 0.6 is 0 Å². The summed E-state index contributed by atoms with van der Waals surface area (Å²) in [5, 5.41) is 0. The number of nitrogens with zero attached hydrogens (tertiary/aromatic N) is 2. The average molecular weight is 263 g/mol. The second-order valence-electron chi connectivity index (χ2n) is 6.67. The van der Waals surface area contributed by atoms with Gasteiger partial charge < -0.3 is 15.5 Å². The van der Waals surface area contributed by atoms with Crippen LogP contribution in [0.5, 0.6) is 0 Å². The monoisotopic (exact) mass is 263 g/mol. The van der Waals surface area contributed by atoms with Crippen LogP contribution in [-0.2, 0) is 0 Å². The van der Waals surface area contributed by atoms with Crippen LogP contribution in [0.25, 0.3) is 0 Å². The van der Waals surface area contributed by atoms with Gasteiger partial charge in [0.15, 0.2) is 0 Å². The predicted octanol–water partition coefficient (Wildman–Crippen LogP) is 1.84. The molecular formula is C16H29N3. The Morgan fingerprint density at radius 3 is 2.32 bits per heavy atom. The summed E-state index contributed by atoms with van der Waals surface area (Å²) in [5.41, 5.74) is 5.94. The summed E-state index contributed by atoms with van der Waals surface area (Å²) in [6, 6.07) is 1.19. The standard InChI is InChI=1S/C16H29N3/c17-15-5-4-14(12-15)13-18-10-6-16(7-11-18)19-8-2-1-3-9-19/h4-5,14-16H,1-3,6-13,17H2. The summed E-state index contributed by atoms with van der Waals surface area (Å²) in [5.74, 6) is 0.710. The Hall–Kier alpha value is -0.380. The van der Waals surface area contributed by atoms with Gasteiger partial charge in [0.2, 0.25) is 0 Å². The van der Waals surface area contributed by atoms with Crippen molar-refractivity contribution in [3.05, 3.63) is 12.2 Å². The van der Waals surface area contributed by atoms with E-state index in [1.54, 1.807) is 0 Å². The van der Waals surface area contributed by atoms with Crippen LogP contribution in [0.4, 0.5) is 0 Å². The lowest BCUT2D eigenvalue weighted by Crippen LogP contribution is -2.47. The fraction of sp³-hybridized carbons (Fsp3) is 0.875. The molecule has 19 heavy (non-hydrogen) atoms. The van der Waals surface area contributed by atoms with Gasteiger partial charge in [-0.3, -0.25) is 0 Å². The molecule has 108 valence electrons. The summed E-state index contributed by atoms with van der Waals surface area (Å²) in [4.78, 5) is 5.42. The van der Waals surface area contributed by atoms with Crippen LogP contribution in [0.2, 0.25) is 0 Å². The maximum Gasteiger partial charge on any atom is 0.0229 e. The Morgan fingerprint density at radius 1 is 0.947 bits per heavy atom. The first kappa shape index (κ1) is 13.6.